The number of rotatable bonds is 3. The van der Waals surface area contributed by atoms with Crippen molar-refractivity contribution in [2.45, 2.75) is 0 Å². The summed E-state index contributed by atoms with van der Waals surface area (Å²) >= 11 is 5.77. The molecular formula is C13H8ClNO3. The Morgan fingerprint density at radius 2 is 1.67 bits per heavy atom. The molecule has 0 amide bonds. The first-order valence-corrected chi connectivity index (χ1v) is 5.49. The number of nitro benzene ring substituents is 1. The molecule has 0 atom stereocenters. The first-order chi connectivity index (χ1) is 8.61. The summed E-state index contributed by atoms with van der Waals surface area (Å²) in [6, 6.07) is 11.4. The molecule has 0 bridgehead atoms. The third kappa shape index (κ3) is 2.38. The van der Waals surface area contributed by atoms with Crippen molar-refractivity contribution in [1.29, 1.82) is 0 Å². The lowest BCUT2D eigenvalue weighted by Crippen LogP contribution is -1.94. The van der Waals surface area contributed by atoms with Crippen molar-refractivity contribution < 1.29 is 9.72 Å². The van der Waals surface area contributed by atoms with Crippen molar-refractivity contribution in [1.82, 2.24) is 0 Å². The van der Waals surface area contributed by atoms with Crippen LogP contribution in [-0.2, 0) is 0 Å². The van der Waals surface area contributed by atoms with E-state index in [9.17, 15) is 14.9 Å². The summed E-state index contributed by atoms with van der Waals surface area (Å²) in [5.74, 6) is 0. The van der Waals surface area contributed by atoms with Crippen LogP contribution in [0.3, 0.4) is 0 Å². The van der Waals surface area contributed by atoms with Gasteiger partial charge in [-0.1, -0.05) is 29.8 Å². The molecule has 0 aliphatic heterocycles. The largest absolute Gasteiger partial charge is 0.298 e. The van der Waals surface area contributed by atoms with E-state index in [-0.39, 0.29) is 11.3 Å². The predicted octanol–water partition coefficient (Wildman–Crippen LogP) is 3.73. The van der Waals surface area contributed by atoms with E-state index in [1.54, 1.807) is 30.3 Å². The molecule has 2 aromatic rings. The van der Waals surface area contributed by atoms with Gasteiger partial charge in [0.25, 0.3) is 5.69 Å². The lowest BCUT2D eigenvalue weighted by molar-refractivity contribution is -0.385. The van der Waals surface area contributed by atoms with Gasteiger partial charge in [0.2, 0.25) is 0 Å². The minimum Gasteiger partial charge on any atom is -0.298 e. The highest BCUT2D eigenvalue weighted by atomic mass is 35.5. The summed E-state index contributed by atoms with van der Waals surface area (Å²) < 4.78 is 0. The van der Waals surface area contributed by atoms with Gasteiger partial charge in [0.05, 0.1) is 10.5 Å². The monoisotopic (exact) mass is 261 g/mol. The minimum atomic E-state index is -0.566. The number of aldehydes is 1. The van der Waals surface area contributed by atoms with E-state index in [0.717, 1.165) is 5.56 Å². The number of halogens is 1. The molecule has 0 N–H and O–H groups in total. The van der Waals surface area contributed by atoms with Gasteiger partial charge >= 0.3 is 0 Å². The van der Waals surface area contributed by atoms with Crippen molar-refractivity contribution >= 4 is 23.6 Å². The van der Waals surface area contributed by atoms with Gasteiger partial charge in [0.1, 0.15) is 0 Å². The summed E-state index contributed by atoms with van der Waals surface area (Å²) in [5, 5.41) is 11.4. The van der Waals surface area contributed by atoms with Crippen LogP contribution in [0.2, 0.25) is 5.02 Å². The number of hydrogen-bond donors (Lipinski definition) is 0. The van der Waals surface area contributed by atoms with Crippen LogP contribution in [0, 0.1) is 10.1 Å². The van der Waals surface area contributed by atoms with Gasteiger partial charge in [0, 0.05) is 11.1 Å². The van der Waals surface area contributed by atoms with E-state index in [1.165, 1.54) is 12.1 Å². The first kappa shape index (κ1) is 12.3. The lowest BCUT2D eigenvalue weighted by atomic mass is 10.0. The van der Waals surface area contributed by atoms with Crippen LogP contribution in [0.5, 0.6) is 0 Å². The number of benzene rings is 2. The maximum atomic E-state index is 10.8. The standard InChI is InChI=1S/C13H8ClNO3/c14-12-5-3-9(4-6-12)10-1-2-11(8-16)13(7-10)15(17)18/h1-8H. The molecule has 2 aromatic carbocycles. The van der Waals surface area contributed by atoms with E-state index in [0.29, 0.717) is 16.9 Å². The van der Waals surface area contributed by atoms with Gasteiger partial charge in [-0.15, -0.1) is 0 Å². The van der Waals surface area contributed by atoms with Gasteiger partial charge in [-0.3, -0.25) is 14.9 Å². The molecule has 0 aromatic heterocycles. The Morgan fingerprint density at radius 3 is 2.22 bits per heavy atom. The second-order valence-electron chi connectivity index (χ2n) is 3.66. The maximum absolute atomic E-state index is 10.8. The van der Waals surface area contributed by atoms with E-state index in [1.807, 2.05) is 0 Å². The van der Waals surface area contributed by atoms with Crippen molar-refractivity contribution in [3.63, 3.8) is 0 Å². The highest BCUT2D eigenvalue weighted by molar-refractivity contribution is 6.30. The summed E-state index contributed by atoms with van der Waals surface area (Å²) in [7, 11) is 0. The summed E-state index contributed by atoms with van der Waals surface area (Å²) in [6.07, 6.45) is 0.476. The van der Waals surface area contributed by atoms with E-state index >= 15 is 0 Å². The Balaban J connectivity index is 2.53. The Kier molecular flexibility index (Phi) is 3.39. The van der Waals surface area contributed by atoms with E-state index in [2.05, 4.69) is 0 Å². The Bertz CT molecular complexity index is 608. The van der Waals surface area contributed by atoms with Gasteiger partial charge in [-0.2, -0.15) is 0 Å². The van der Waals surface area contributed by atoms with E-state index < -0.39 is 4.92 Å². The average molecular weight is 262 g/mol. The molecule has 0 radical (unpaired) electrons. The van der Waals surface area contributed by atoms with Crippen LogP contribution in [0.4, 0.5) is 5.69 Å². The molecule has 2 rings (SSSR count). The summed E-state index contributed by atoms with van der Waals surface area (Å²) in [6.45, 7) is 0. The average Bonchev–Trinajstić information content (AvgIpc) is 2.39. The number of carbonyl (C=O) groups is 1. The van der Waals surface area contributed by atoms with Crippen molar-refractivity contribution in [2.75, 3.05) is 0 Å². The second kappa shape index (κ2) is 4.98. The molecule has 4 nitrogen and oxygen atoms in total. The van der Waals surface area contributed by atoms with Crippen LogP contribution in [0.15, 0.2) is 42.5 Å². The SMILES string of the molecule is O=Cc1ccc(-c2ccc(Cl)cc2)cc1[N+](=O)[O-]. The van der Waals surface area contributed by atoms with Gasteiger partial charge in [-0.25, -0.2) is 0 Å². The number of nitrogens with zero attached hydrogens (tertiary/aromatic N) is 1. The van der Waals surface area contributed by atoms with Crippen LogP contribution in [-0.4, -0.2) is 11.2 Å². The fourth-order valence-electron chi connectivity index (χ4n) is 1.62. The van der Waals surface area contributed by atoms with Gasteiger partial charge in [-0.05, 0) is 29.3 Å². The molecule has 0 saturated heterocycles. The zero-order valence-electron chi connectivity index (χ0n) is 9.17. The fraction of sp³-hybridized carbons (Fsp3) is 0. The first-order valence-electron chi connectivity index (χ1n) is 5.11. The van der Waals surface area contributed by atoms with Crippen molar-refractivity contribution in [3.8, 4) is 11.1 Å². The molecule has 0 saturated carbocycles. The van der Waals surface area contributed by atoms with Gasteiger partial charge < -0.3 is 0 Å². The zero-order chi connectivity index (χ0) is 13.1. The molecule has 0 spiro atoms. The van der Waals surface area contributed by atoms with Crippen molar-refractivity contribution in [3.05, 3.63) is 63.2 Å². The molecule has 5 heteroatoms. The van der Waals surface area contributed by atoms with Crippen LogP contribution in [0.25, 0.3) is 11.1 Å². The van der Waals surface area contributed by atoms with Crippen molar-refractivity contribution in [2.24, 2.45) is 0 Å². The minimum absolute atomic E-state index is 0.0673. The van der Waals surface area contributed by atoms with Crippen LogP contribution >= 0.6 is 11.6 Å². The predicted molar refractivity (Wildman–Crippen MR) is 68.9 cm³/mol. The summed E-state index contributed by atoms with van der Waals surface area (Å²) in [5.41, 5.74) is 1.35. The molecule has 0 unspecified atom stereocenters. The third-order valence-electron chi connectivity index (χ3n) is 2.53. The number of nitro groups is 1. The van der Waals surface area contributed by atoms with E-state index in [4.69, 9.17) is 11.6 Å². The second-order valence-corrected chi connectivity index (χ2v) is 4.09. The molecular weight excluding hydrogens is 254 g/mol. The molecule has 0 aliphatic carbocycles. The highest BCUT2D eigenvalue weighted by Crippen LogP contribution is 2.27. The molecule has 18 heavy (non-hydrogen) atoms. The number of carbonyl (C=O) groups excluding carboxylic acids is 1. The highest BCUT2D eigenvalue weighted by Gasteiger charge is 2.14. The Labute approximate surface area is 108 Å². The fourth-order valence-corrected chi connectivity index (χ4v) is 1.75. The molecule has 0 fully saturated rings. The topological polar surface area (TPSA) is 60.2 Å². The lowest BCUT2D eigenvalue weighted by Gasteiger charge is -2.03. The Hall–Kier alpha value is -2.20. The molecule has 0 aliphatic rings. The van der Waals surface area contributed by atoms with Crippen LogP contribution in [0.1, 0.15) is 10.4 Å². The smallest absolute Gasteiger partial charge is 0.280 e. The Morgan fingerprint density at radius 1 is 1.06 bits per heavy atom. The van der Waals surface area contributed by atoms with Crippen LogP contribution < -0.4 is 0 Å². The number of hydrogen-bond acceptors (Lipinski definition) is 3. The third-order valence-corrected chi connectivity index (χ3v) is 2.78. The quantitative estimate of drug-likeness (QED) is 0.480. The normalized spacial score (nSPS) is 10.1. The zero-order valence-corrected chi connectivity index (χ0v) is 9.92. The molecule has 90 valence electrons. The summed E-state index contributed by atoms with van der Waals surface area (Å²) in [4.78, 5) is 21.0. The molecule has 0 heterocycles. The maximum Gasteiger partial charge on any atom is 0.280 e. The van der Waals surface area contributed by atoms with Gasteiger partial charge in [0.15, 0.2) is 6.29 Å².